The van der Waals surface area contributed by atoms with Crippen LogP contribution in [0.5, 0.6) is 0 Å². The molecule has 0 spiro atoms. The van der Waals surface area contributed by atoms with Crippen LogP contribution in [0.2, 0.25) is 0 Å². The number of nitrogens with one attached hydrogen (secondary N) is 2. The van der Waals surface area contributed by atoms with Crippen LogP contribution >= 0.6 is 27.3 Å². The molecule has 0 saturated carbocycles. The van der Waals surface area contributed by atoms with E-state index in [9.17, 15) is 4.79 Å². The first-order chi connectivity index (χ1) is 8.74. The number of carbonyl (C=O) groups is 1. The molecule has 0 bridgehead atoms. The molecule has 1 amide bonds. The lowest BCUT2D eigenvalue weighted by Crippen LogP contribution is -2.27. The van der Waals surface area contributed by atoms with Crippen LogP contribution < -0.4 is 10.6 Å². The maximum atomic E-state index is 11.6. The van der Waals surface area contributed by atoms with Gasteiger partial charge in [0.2, 0.25) is 5.91 Å². The molecule has 18 heavy (non-hydrogen) atoms. The van der Waals surface area contributed by atoms with Crippen molar-refractivity contribution in [3.05, 3.63) is 51.1 Å². The molecule has 3 nitrogen and oxygen atoms in total. The third-order valence-corrected chi connectivity index (χ3v) is 3.89. The normalized spacial score (nSPS) is 10.3. The lowest BCUT2D eigenvalue weighted by Gasteiger charge is -2.05. The minimum absolute atomic E-state index is 0.0307. The van der Waals surface area contributed by atoms with Crippen LogP contribution in [-0.2, 0) is 11.3 Å². The summed E-state index contributed by atoms with van der Waals surface area (Å²) in [5.41, 5.74) is 0.822. The second-order valence-corrected chi connectivity index (χ2v) is 6.27. The molecule has 0 atom stereocenters. The van der Waals surface area contributed by atoms with Gasteiger partial charge in [-0.05, 0) is 40.2 Å². The van der Waals surface area contributed by atoms with Crippen molar-refractivity contribution in [1.29, 1.82) is 0 Å². The van der Waals surface area contributed by atoms with Crippen molar-refractivity contribution >= 4 is 38.9 Å². The monoisotopic (exact) mass is 324 g/mol. The van der Waals surface area contributed by atoms with Gasteiger partial charge in [-0.25, -0.2) is 0 Å². The predicted octanol–water partition coefficient (Wildman–Crippen LogP) is 3.24. The van der Waals surface area contributed by atoms with Gasteiger partial charge >= 0.3 is 0 Å². The quantitative estimate of drug-likeness (QED) is 0.886. The van der Waals surface area contributed by atoms with E-state index < -0.39 is 0 Å². The van der Waals surface area contributed by atoms with Gasteiger partial charge in [0, 0.05) is 17.1 Å². The number of halogens is 1. The molecule has 0 aliphatic carbocycles. The van der Waals surface area contributed by atoms with Crippen LogP contribution in [0.15, 0.2) is 46.3 Å². The molecular weight excluding hydrogens is 312 g/mol. The summed E-state index contributed by atoms with van der Waals surface area (Å²) in [6, 6.07) is 13.5. The Morgan fingerprint density at radius 2 is 1.94 bits per heavy atom. The molecular formula is C13H13BrN2OS. The highest BCUT2D eigenvalue weighted by atomic mass is 79.9. The number of rotatable bonds is 5. The third kappa shape index (κ3) is 4.25. The van der Waals surface area contributed by atoms with Crippen LogP contribution in [0.25, 0.3) is 0 Å². The summed E-state index contributed by atoms with van der Waals surface area (Å²) in [5, 5.41) is 5.94. The highest BCUT2D eigenvalue weighted by Crippen LogP contribution is 2.21. The third-order valence-electron chi connectivity index (χ3n) is 2.27. The van der Waals surface area contributed by atoms with Crippen molar-refractivity contribution in [3.63, 3.8) is 0 Å². The van der Waals surface area contributed by atoms with Crippen molar-refractivity contribution in [2.75, 3.05) is 11.9 Å². The molecule has 0 fully saturated rings. The van der Waals surface area contributed by atoms with E-state index >= 15 is 0 Å². The van der Waals surface area contributed by atoms with Crippen LogP contribution in [-0.4, -0.2) is 12.5 Å². The molecule has 1 aromatic carbocycles. The van der Waals surface area contributed by atoms with E-state index in [4.69, 9.17) is 0 Å². The lowest BCUT2D eigenvalue weighted by molar-refractivity contribution is -0.115. The Morgan fingerprint density at radius 1 is 1.17 bits per heavy atom. The average Bonchev–Trinajstić information content (AvgIpc) is 2.76. The van der Waals surface area contributed by atoms with Crippen LogP contribution in [0.3, 0.4) is 0 Å². The number of hydrogen-bond acceptors (Lipinski definition) is 3. The highest BCUT2D eigenvalue weighted by Gasteiger charge is 2.02. The first-order valence-electron chi connectivity index (χ1n) is 5.54. The standard InChI is InChI=1S/C13H13BrN2OS/c14-12-7-6-11(18-12)8-15-9-13(17)16-10-4-2-1-3-5-10/h1-7,15H,8-9H2,(H,16,17). The molecule has 94 valence electrons. The van der Waals surface area contributed by atoms with Crippen LogP contribution in [0.1, 0.15) is 4.88 Å². The number of benzene rings is 1. The van der Waals surface area contributed by atoms with Gasteiger partial charge in [-0.15, -0.1) is 11.3 Å². The molecule has 5 heteroatoms. The molecule has 2 rings (SSSR count). The SMILES string of the molecule is O=C(CNCc1ccc(Br)s1)Nc1ccccc1. The van der Waals surface area contributed by atoms with Crippen molar-refractivity contribution < 1.29 is 4.79 Å². The van der Waals surface area contributed by atoms with Crippen molar-refractivity contribution in [2.45, 2.75) is 6.54 Å². The van der Waals surface area contributed by atoms with Gasteiger partial charge in [0.1, 0.15) is 0 Å². The first-order valence-corrected chi connectivity index (χ1v) is 7.15. The molecule has 0 saturated heterocycles. The topological polar surface area (TPSA) is 41.1 Å². The molecule has 0 unspecified atom stereocenters. The van der Waals surface area contributed by atoms with Gasteiger partial charge in [-0.1, -0.05) is 18.2 Å². The fourth-order valence-corrected chi connectivity index (χ4v) is 2.93. The molecule has 0 aliphatic heterocycles. The van der Waals surface area contributed by atoms with Gasteiger partial charge in [-0.2, -0.15) is 0 Å². The van der Waals surface area contributed by atoms with Gasteiger partial charge in [0.05, 0.1) is 10.3 Å². The number of anilines is 1. The van der Waals surface area contributed by atoms with E-state index in [-0.39, 0.29) is 5.91 Å². The Balaban J connectivity index is 1.72. The van der Waals surface area contributed by atoms with E-state index in [1.54, 1.807) is 11.3 Å². The fraction of sp³-hybridized carbons (Fsp3) is 0.154. The van der Waals surface area contributed by atoms with Crippen LogP contribution in [0, 0.1) is 0 Å². The Morgan fingerprint density at radius 3 is 2.61 bits per heavy atom. The maximum Gasteiger partial charge on any atom is 0.238 e. The predicted molar refractivity (Wildman–Crippen MR) is 78.8 cm³/mol. The van der Waals surface area contributed by atoms with Crippen molar-refractivity contribution in [2.24, 2.45) is 0 Å². The molecule has 0 radical (unpaired) electrons. The minimum Gasteiger partial charge on any atom is -0.325 e. The maximum absolute atomic E-state index is 11.6. The summed E-state index contributed by atoms with van der Waals surface area (Å²) < 4.78 is 1.10. The van der Waals surface area contributed by atoms with E-state index in [1.807, 2.05) is 42.5 Å². The summed E-state index contributed by atoms with van der Waals surface area (Å²) in [6.45, 7) is 1.02. The Labute approximate surface area is 118 Å². The summed E-state index contributed by atoms with van der Waals surface area (Å²) in [6.07, 6.45) is 0. The van der Waals surface area contributed by atoms with Gasteiger partial charge in [0.15, 0.2) is 0 Å². The van der Waals surface area contributed by atoms with Crippen LogP contribution in [0.4, 0.5) is 5.69 Å². The molecule has 0 aliphatic rings. The van der Waals surface area contributed by atoms with E-state index in [0.29, 0.717) is 13.1 Å². The molecule has 1 heterocycles. The summed E-state index contributed by atoms with van der Waals surface area (Å²) in [7, 11) is 0. The lowest BCUT2D eigenvalue weighted by atomic mass is 10.3. The molecule has 2 N–H and O–H groups in total. The van der Waals surface area contributed by atoms with Crippen molar-refractivity contribution in [3.8, 4) is 0 Å². The number of para-hydroxylation sites is 1. The summed E-state index contributed by atoms with van der Waals surface area (Å²) >= 11 is 5.07. The molecule has 1 aromatic heterocycles. The second-order valence-electron chi connectivity index (χ2n) is 3.72. The number of hydrogen-bond donors (Lipinski definition) is 2. The smallest absolute Gasteiger partial charge is 0.238 e. The highest BCUT2D eigenvalue weighted by molar-refractivity contribution is 9.11. The van der Waals surface area contributed by atoms with E-state index in [2.05, 4.69) is 26.6 Å². The van der Waals surface area contributed by atoms with E-state index in [0.717, 1.165) is 9.47 Å². The Hall–Kier alpha value is -1.17. The van der Waals surface area contributed by atoms with Gasteiger partial charge in [-0.3, -0.25) is 4.79 Å². The minimum atomic E-state index is -0.0307. The first kappa shape index (κ1) is 13.3. The Kier molecular flexibility index (Phi) is 4.92. The summed E-state index contributed by atoms with van der Waals surface area (Å²) in [4.78, 5) is 12.8. The second kappa shape index (κ2) is 6.68. The largest absolute Gasteiger partial charge is 0.325 e. The zero-order chi connectivity index (χ0) is 12.8. The molecule has 2 aromatic rings. The average molecular weight is 325 g/mol. The number of amides is 1. The van der Waals surface area contributed by atoms with E-state index in [1.165, 1.54) is 4.88 Å². The van der Waals surface area contributed by atoms with Gasteiger partial charge in [0.25, 0.3) is 0 Å². The summed E-state index contributed by atoms with van der Waals surface area (Å²) in [5.74, 6) is -0.0307. The number of carbonyl (C=O) groups excluding carboxylic acids is 1. The number of thiophene rings is 1. The zero-order valence-electron chi connectivity index (χ0n) is 9.65. The fourth-order valence-electron chi connectivity index (χ4n) is 1.47. The van der Waals surface area contributed by atoms with Crippen molar-refractivity contribution in [1.82, 2.24) is 5.32 Å². The zero-order valence-corrected chi connectivity index (χ0v) is 12.1. The van der Waals surface area contributed by atoms with Gasteiger partial charge < -0.3 is 10.6 Å². The Bertz CT molecular complexity index is 513.